The van der Waals surface area contributed by atoms with Crippen LogP contribution in [0, 0.1) is 17.3 Å². The van der Waals surface area contributed by atoms with Gasteiger partial charge >= 0.3 is 5.97 Å². The standard InChI is InChI=1S/C30H44N2O5S/c1-6-8-21-28(35)19(3)10-7-9-18(2)11-13-23(37-27(34)16-25(33)30(4,5)29(21)36)20-12-14-24-22(15-20)32-26(17-31)38-24/h11-12,14-15,19,21,23,25,28,33,35H,6-10,13,16-17,31H2,1-5H3/b18-11+. The Kier molecular flexibility index (Phi) is 10.6. The SMILES string of the molecule is CCCC1C(=O)C(C)(C)C(O)CC(=O)OC(c2ccc3sc(CN)nc3c2)C/C=C(\C)CCCC(C)C1O. The Balaban J connectivity index is 1.93. The van der Waals surface area contributed by atoms with Gasteiger partial charge in [-0.3, -0.25) is 9.59 Å². The number of fused-ring (bicyclic) bond motifs is 1. The normalized spacial score (nSPS) is 29.6. The molecule has 1 aromatic carbocycles. The first-order valence-electron chi connectivity index (χ1n) is 13.8. The van der Waals surface area contributed by atoms with Gasteiger partial charge in [-0.15, -0.1) is 11.3 Å². The van der Waals surface area contributed by atoms with Gasteiger partial charge in [0.15, 0.2) is 0 Å². The molecule has 5 atom stereocenters. The first-order valence-corrected chi connectivity index (χ1v) is 14.6. The fourth-order valence-corrected chi connectivity index (χ4v) is 6.07. The molecule has 0 aliphatic carbocycles. The average molecular weight is 545 g/mol. The third-order valence-electron chi connectivity index (χ3n) is 7.95. The number of aromatic nitrogens is 1. The zero-order valence-corrected chi connectivity index (χ0v) is 24.2. The highest BCUT2D eigenvalue weighted by molar-refractivity contribution is 7.18. The van der Waals surface area contributed by atoms with E-state index in [2.05, 4.69) is 18.0 Å². The molecule has 210 valence electrons. The van der Waals surface area contributed by atoms with Crippen LogP contribution in [0.4, 0.5) is 0 Å². The Morgan fingerprint density at radius 1 is 1.24 bits per heavy atom. The summed E-state index contributed by atoms with van der Waals surface area (Å²) in [5, 5.41) is 23.0. The van der Waals surface area contributed by atoms with E-state index in [0.29, 0.717) is 19.4 Å². The van der Waals surface area contributed by atoms with Crippen molar-refractivity contribution in [3.05, 3.63) is 40.4 Å². The zero-order chi connectivity index (χ0) is 28.0. The summed E-state index contributed by atoms with van der Waals surface area (Å²) in [5.74, 6) is -1.41. The quantitative estimate of drug-likeness (QED) is 0.337. The van der Waals surface area contributed by atoms with Crippen molar-refractivity contribution in [1.29, 1.82) is 0 Å². The molecule has 0 radical (unpaired) electrons. The largest absolute Gasteiger partial charge is 0.457 e. The van der Waals surface area contributed by atoms with Gasteiger partial charge in [0.2, 0.25) is 0 Å². The second-order valence-electron chi connectivity index (χ2n) is 11.4. The lowest BCUT2D eigenvalue weighted by Crippen LogP contribution is -2.46. The maximum Gasteiger partial charge on any atom is 0.309 e. The van der Waals surface area contributed by atoms with Gasteiger partial charge in [0.1, 0.15) is 16.9 Å². The lowest BCUT2D eigenvalue weighted by molar-refractivity contribution is -0.156. The van der Waals surface area contributed by atoms with Crippen molar-refractivity contribution in [3.63, 3.8) is 0 Å². The molecule has 0 bridgehead atoms. The number of cyclic esters (lactones) is 1. The van der Waals surface area contributed by atoms with Crippen molar-refractivity contribution >= 4 is 33.3 Å². The Morgan fingerprint density at radius 3 is 2.66 bits per heavy atom. The third kappa shape index (κ3) is 7.29. The number of ether oxygens (including phenoxy) is 1. The van der Waals surface area contributed by atoms with Gasteiger partial charge in [0, 0.05) is 18.9 Å². The number of thiazole rings is 1. The predicted molar refractivity (Wildman–Crippen MR) is 152 cm³/mol. The average Bonchev–Trinajstić information content (AvgIpc) is 3.30. The number of aliphatic hydroxyl groups excluding tert-OH is 2. The fraction of sp³-hybridized carbons (Fsp3) is 0.633. The van der Waals surface area contributed by atoms with Crippen LogP contribution >= 0.6 is 11.3 Å². The van der Waals surface area contributed by atoms with Gasteiger partial charge in [-0.25, -0.2) is 4.98 Å². The van der Waals surface area contributed by atoms with E-state index in [4.69, 9.17) is 10.5 Å². The topological polar surface area (TPSA) is 123 Å². The van der Waals surface area contributed by atoms with Crippen molar-refractivity contribution in [2.75, 3.05) is 0 Å². The number of aliphatic hydroxyl groups is 2. The van der Waals surface area contributed by atoms with Crippen LogP contribution in [0.2, 0.25) is 0 Å². The number of carbonyl (C=O) groups excluding carboxylic acids is 2. The molecule has 8 heteroatoms. The van der Waals surface area contributed by atoms with Crippen LogP contribution in [0.3, 0.4) is 0 Å². The fourth-order valence-electron chi connectivity index (χ4n) is 5.24. The Labute approximate surface area is 230 Å². The molecule has 0 saturated heterocycles. The molecule has 5 unspecified atom stereocenters. The minimum Gasteiger partial charge on any atom is -0.457 e. The molecular formula is C30H44N2O5S. The van der Waals surface area contributed by atoms with Crippen molar-refractivity contribution in [3.8, 4) is 0 Å². The minimum atomic E-state index is -1.23. The summed E-state index contributed by atoms with van der Waals surface area (Å²) in [6, 6.07) is 5.86. The van der Waals surface area contributed by atoms with Crippen molar-refractivity contribution < 1.29 is 24.5 Å². The molecule has 0 spiro atoms. The molecule has 0 saturated carbocycles. The molecule has 38 heavy (non-hydrogen) atoms. The number of hydrogen-bond acceptors (Lipinski definition) is 8. The summed E-state index contributed by atoms with van der Waals surface area (Å²) in [5.41, 5.74) is 7.39. The Morgan fingerprint density at radius 2 is 1.97 bits per heavy atom. The van der Waals surface area contributed by atoms with E-state index in [1.54, 1.807) is 25.2 Å². The molecule has 0 amide bonds. The summed E-state index contributed by atoms with van der Waals surface area (Å²) >= 11 is 1.55. The lowest BCUT2D eigenvalue weighted by atomic mass is 9.71. The number of Topliss-reactive ketones (excluding diaryl/α,β-unsaturated/α-hetero) is 1. The van der Waals surface area contributed by atoms with Crippen LogP contribution in [0.5, 0.6) is 0 Å². The van der Waals surface area contributed by atoms with Crippen LogP contribution in [-0.4, -0.2) is 39.2 Å². The number of allylic oxidation sites excluding steroid dienone is 1. The molecule has 7 nitrogen and oxygen atoms in total. The number of carbonyl (C=O) groups is 2. The summed E-state index contributed by atoms with van der Waals surface area (Å²) in [4.78, 5) is 31.3. The van der Waals surface area contributed by atoms with Gasteiger partial charge in [-0.2, -0.15) is 0 Å². The lowest BCUT2D eigenvalue weighted by Gasteiger charge is -2.36. The molecule has 1 aliphatic heterocycles. The molecule has 2 heterocycles. The number of hydrogen-bond donors (Lipinski definition) is 3. The van der Waals surface area contributed by atoms with Crippen LogP contribution in [-0.2, 0) is 20.9 Å². The zero-order valence-electron chi connectivity index (χ0n) is 23.4. The van der Waals surface area contributed by atoms with E-state index in [1.165, 1.54) is 5.57 Å². The summed E-state index contributed by atoms with van der Waals surface area (Å²) in [6.07, 6.45) is 3.55. The Bertz CT molecular complexity index is 1140. The molecule has 3 rings (SSSR count). The maximum absolute atomic E-state index is 13.6. The smallest absolute Gasteiger partial charge is 0.309 e. The minimum absolute atomic E-state index is 0.0508. The highest BCUT2D eigenvalue weighted by Crippen LogP contribution is 2.35. The molecule has 0 fully saturated rings. The number of nitrogens with two attached hydrogens (primary N) is 1. The predicted octanol–water partition coefficient (Wildman–Crippen LogP) is 5.62. The number of benzene rings is 1. The molecule has 4 N–H and O–H groups in total. The van der Waals surface area contributed by atoms with Crippen molar-refractivity contribution in [2.45, 2.75) is 104 Å². The number of rotatable bonds is 4. The number of esters is 1. The first kappa shape index (κ1) is 30.4. The maximum atomic E-state index is 13.6. The van der Waals surface area contributed by atoms with E-state index in [-0.39, 0.29) is 18.1 Å². The second-order valence-corrected chi connectivity index (χ2v) is 12.5. The van der Waals surface area contributed by atoms with Gasteiger partial charge in [0.25, 0.3) is 0 Å². The molecule has 2 aromatic rings. The molecular weight excluding hydrogens is 500 g/mol. The summed E-state index contributed by atoms with van der Waals surface area (Å²) < 4.78 is 6.95. The van der Waals surface area contributed by atoms with Crippen LogP contribution in [0.15, 0.2) is 29.8 Å². The van der Waals surface area contributed by atoms with Gasteiger partial charge in [-0.1, -0.05) is 51.8 Å². The highest BCUT2D eigenvalue weighted by atomic mass is 32.1. The van der Waals surface area contributed by atoms with Crippen LogP contribution in [0.25, 0.3) is 10.2 Å². The van der Waals surface area contributed by atoms with E-state index >= 15 is 0 Å². The van der Waals surface area contributed by atoms with Gasteiger partial charge < -0.3 is 20.7 Å². The number of ketones is 1. The third-order valence-corrected chi connectivity index (χ3v) is 9.01. The van der Waals surface area contributed by atoms with Crippen molar-refractivity contribution in [1.82, 2.24) is 4.98 Å². The molecule has 1 aromatic heterocycles. The monoisotopic (exact) mass is 544 g/mol. The molecule has 1 aliphatic rings. The highest BCUT2D eigenvalue weighted by Gasteiger charge is 2.43. The van der Waals surface area contributed by atoms with E-state index in [1.807, 2.05) is 32.0 Å². The van der Waals surface area contributed by atoms with Crippen molar-refractivity contribution in [2.24, 2.45) is 23.0 Å². The van der Waals surface area contributed by atoms with E-state index in [0.717, 1.165) is 46.5 Å². The summed E-state index contributed by atoms with van der Waals surface area (Å²) in [7, 11) is 0. The Hall–Kier alpha value is -2.13. The van der Waals surface area contributed by atoms with Crippen LogP contribution in [0.1, 0.15) is 96.2 Å². The van der Waals surface area contributed by atoms with E-state index in [9.17, 15) is 19.8 Å². The van der Waals surface area contributed by atoms with Crippen LogP contribution < -0.4 is 5.73 Å². The van der Waals surface area contributed by atoms with Gasteiger partial charge in [-0.05, 0) is 56.2 Å². The first-order chi connectivity index (χ1) is 18.0. The summed E-state index contributed by atoms with van der Waals surface area (Å²) in [6.45, 7) is 9.73. The van der Waals surface area contributed by atoms with E-state index < -0.39 is 35.6 Å². The van der Waals surface area contributed by atoms with Gasteiger partial charge in [0.05, 0.1) is 34.3 Å². The number of nitrogens with zero attached hydrogens (tertiary/aromatic N) is 1. The second kappa shape index (κ2) is 13.3.